The number of fused-ring (bicyclic) bond motifs is 2. The van der Waals surface area contributed by atoms with Crippen LogP contribution in [0.5, 0.6) is 5.75 Å². The lowest BCUT2D eigenvalue weighted by Gasteiger charge is -2.33. The molecule has 1 N–H and O–H groups in total. The predicted molar refractivity (Wildman–Crippen MR) is 119 cm³/mol. The minimum atomic E-state index is -1.05. The van der Waals surface area contributed by atoms with Gasteiger partial charge in [0.2, 0.25) is 0 Å². The van der Waals surface area contributed by atoms with Crippen LogP contribution in [0.25, 0.3) is 10.6 Å². The van der Waals surface area contributed by atoms with Crippen LogP contribution in [0, 0.1) is 0 Å². The summed E-state index contributed by atoms with van der Waals surface area (Å²) in [7, 11) is 0. The molecule has 1 spiro atoms. The van der Waals surface area contributed by atoms with Gasteiger partial charge in [0.05, 0.1) is 13.2 Å². The average molecular weight is 434 g/mol. The fourth-order valence-electron chi connectivity index (χ4n) is 4.20. The number of ether oxygens (including phenoxy) is 1. The SMILES string of the molecule is CC(C)c1ccc(-c2ncc(CN3C(=O)NC4(CCOc5ccccc54)C3=O)s2)cc1. The van der Waals surface area contributed by atoms with E-state index in [0.29, 0.717) is 24.7 Å². The first-order valence-electron chi connectivity index (χ1n) is 10.4. The molecule has 0 bridgehead atoms. The Kier molecular flexibility index (Phi) is 4.78. The normalized spacial score (nSPS) is 20.2. The van der Waals surface area contributed by atoms with Crippen molar-refractivity contribution in [3.8, 4) is 16.3 Å². The number of carbonyl (C=O) groups is 2. The topological polar surface area (TPSA) is 71.5 Å². The third kappa shape index (κ3) is 3.29. The van der Waals surface area contributed by atoms with E-state index in [-0.39, 0.29) is 18.5 Å². The zero-order chi connectivity index (χ0) is 21.6. The predicted octanol–water partition coefficient (Wildman–Crippen LogP) is 4.66. The van der Waals surface area contributed by atoms with Crippen molar-refractivity contribution in [1.82, 2.24) is 15.2 Å². The molecule has 1 fully saturated rings. The molecule has 1 unspecified atom stereocenters. The van der Waals surface area contributed by atoms with Crippen molar-refractivity contribution in [2.45, 2.75) is 38.3 Å². The van der Waals surface area contributed by atoms with Crippen LogP contribution in [0.4, 0.5) is 4.79 Å². The maximum absolute atomic E-state index is 13.4. The molecule has 2 aromatic carbocycles. The van der Waals surface area contributed by atoms with Gasteiger partial charge in [-0.2, -0.15) is 0 Å². The molecule has 31 heavy (non-hydrogen) atoms. The van der Waals surface area contributed by atoms with Crippen molar-refractivity contribution in [1.29, 1.82) is 0 Å². The first-order chi connectivity index (χ1) is 15.0. The van der Waals surface area contributed by atoms with Crippen LogP contribution in [0.15, 0.2) is 54.7 Å². The van der Waals surface area contributed by atoms with Crippen molar-refractivity contribution in [2.24, 2.45) is 0 Å². The molecule has 0 saturated carbocycles. The summed E-state index contributed by atoms with van der Waals surface area (Å²) < 4.78 is 5.69. The molecule has 5 rings (SSSR count). The first kappa shape index (κ1) is 19.8. The maximum Gasteiger partial charge on any atom is 0.325 e. The van der Waals surface area contributed by atoms with Gasteiger partial charge in [-0.05, 0) is 17.5 Å². The highest BCUT2D eigenvalue weighted by Crippen LogP contribution is 2.41. The van der Waals surface area contributed by atoms with Crippen LogP contribution in [-0.2, 0) is 16.9 Å². The third-order valence-corrected chi connectivity index (χ3v) is 6.98. The van der Waals surface area contributed by atoms with Crippen LogP contribution >= 0.6 is 11.3 Å². The van der Waals surface area contributed by atoms with E-state index in [1.54, 1.807) is 6.20 Å². The van der Waals surface area contributed by atoms with E-state index < -0.39 is 5.54 Å². The van der Waals surface area contributed by atoms with E-state index in [4.69, 9.17) is 4.74 Å². The van der Waals surface area contributed by atoms with Crippen molar-refractivity contribution in [3.63, 3.8) is 0 Å². The van der Waals surface area contributed by atoms with Gasteiger partial charge in [-0.25, -0.2) is 9.78 Å². The fourth-order valence-corrected chi connectivity index (χ4v) is 5.10. The Labute approximate surface area is 184 Å². The van der Waals surface area contributed by atoms with Crippen molar-refractivity contribution in [3.05, 3.63) is 70.7 Å². The van der Waals surface area contributed by atoms with Crippen molar-refractivity contribution >= 4 is 23.3 Å². The minimum Gasteiger partial charge on any atom is -0.493 e. The summed E-state index contributed by atoms with van der Waals surface area (Å²) in [6.07, 6.45) is 2.17. The lowest BCUT2D eigenvalue weighted by atomic mass is 9.84. The molecule has 2 aliphatic heterocycles. The Morgan fingerprint density at radius 1 is 1.16 bits per heavy atom. The molecule has 1 aromatic heterocycles. The van der Waals surface area contributed by atoms with E-state index in [0.717, 1.165) is 21.0 Å². The zero-order valence-electron chi connectivity index (χ0n) is 17.4. The Hall–Kier alpha value is -3.19. The van der Waals surface area contributed by atoms with Crippen molar-refractivity contribution in [2.75, 3.05) is 6.61 Å². The number of carbonyl (C=O) groups excluding carboxylic acids is 2. The van der Waals surface area contributed by atoms with Crippen LogP contribution in [0.3, 0.4) is 0 Å². The molecule has 7 heteroatoms. The first-order valence-corrected chi connectivity index (χ1v) is 11.2. The number of aromatic nitrogens is 1. The van der Waals surface area contributed by atoms with E-state index in [9.17, 15) is 9.59 Å². The van der Waals surface area contributed by atoms with Gasteiger partial charge in [-0.3, -0.25) is 9.69 Å². The molecular formula is C24H23N3O3S. The molecular weight excluding hydrogens is 410 g/mol. The second-order valence-corrected chi connectivity index (χ2v) is 9.35. The number of nitrogens with one attached hydrogen (secondary N) is 1. The minimum absolute atomic E-state index is 0.206. The highest BCUT2D eigenvalue weighted by Gasteiger charge is 2.54. The van der Waals surface area contributed by atoms with Gasteiger partial charge < -0.3 is 10.1 Å². The van der Waals surface area contributed by atoms with E-state index in [2.05, 4.69) is 48.4 Å². The number of thiazole rings is 1. The number of hydrogen-bond acceptors (Lipinski definition) is 5. The van der Waals surface area contributed by atoms with E-state index in [1.165, 1.54) is 21.8 Å². The Morgan fingerprint density at radius 3 is 2.71 bits per heavy atom. The van der Waals surface area contributed by atoms with Gasteiger partial charge in [-0.1, -0.05) is 56.3 Å². The van der Waals surface area contributed by atoms with Crippen LogP contribution < -0.4 is 10.1 Å². The molecule has 1 atom stereocenters. The number of urea groups is 1. The molecule has 1 saturated heterocycles. The molecule has 2 aliphatic rings. The van der Waals surface area contributed by atoms with Gasteiger partial charge >= 0.3 is 6.03 Å². The Balaban J connectivity index is 1.38. The average Bonchev–Trinajstić information content (AvgIpc) is 3.34. The second-order valence-electron chi connectivity index (χ2n) is 8.23. The van der Waals surface area contributed by atoms with Gasteiger partial charge in [0.15, 0.2) is 5.54 Å². The van der Waals surface area contributed by atoms with Crippen LogP contribution in [-0.4, -0.2) is 28.4 Å². The molecule has 158 valence electrons. The lowest BCUT2D eigenvalue weighted by Crippen LogP contribution is -2.47. The van der Waals surface area contributed by atoms with E-state index in [1.807, 2.05) is 24.3 Å². The second kappa shape index (κ2) is 7.50. The largest absolute Gasteiger partial charge is 0.493 e. The van der Waals surface area contributed by atoms with Crippen LogP contribution in [0.1, 0.15) is 42.2 Å². The number of para-hydroxylation sites is 1. The molecule has 3 heterocycles. The van der Waals surface area contributed by atoms with Gasteiger partial charge in [0.1, 0.15) is 10.8 Å². The number of rotatable bonds is 4. The molecule has 3 aromatic rings. The summed E-state index contributed by atoms with van der Waals surface area (Å²) in [4.78, 5) is 32.9. The molecule has 6 nitrogen and oxygen atoms in total. The maximum atomic E-state index is 13.4. The zero-order valence-corrected chi connectivity index (χ0v) is 18.2. The quantitative estimate of drug-likeness (QED) is 0.608. The lowest BCUT2D eigenvalue weighted by molar-refractivity contribution is -0.133. The summed E-state index contributed by atoms with van der Waals surface area (Å²) in [5.74, 6) is 0.891. The fraction of sp³-hybridized carbons (Fsp3) is 0.292. The Morgan fingerprint density at radius 2 is 1.94 bits per heavy atom. The monoisotopic (exact) mass is 433 g/mol. The van der Waals surface area contributed by atoms with E-state index >= 15 is 0 Å². The highest BCUT2D eigenvalue weighted by molar-refractivity contribution is 7.15. The van der Waals surface area contributed by atoms with Crippen LogP contribution in [0.2, 0.25) is 0 Å². The number of nitrogens with zero attached hydrogens (tertiary/aromatic N) is 2. The third-order valence-electron chi connectivity index (χ3n) is 5.95. The summed E-state index contributed by atoms with van der Waals surface area (Å²) in [6.45, 7) is 4.92. The van der Waals surface area contributed by atoms with Gasteiger partial charge in [0.25, 0.3) is 5.91 Å². The number of imide groups is 1. The summed E-state index contributed by atoms with van der Waals surface area (Å²) in [6, 6.07) is 15.4. The van der Waals surface area contributed by atoms with Crippen molar-refractivity contribution < 1.29 is 14.3 Å². The summed E-state index contributed by atoms with van der Waals surface area (Å²) >= 11 is 1.50. The summed E-state index contributed by atoms with van der Waals surface area (Å²) in [5.41, 5.74) is 1.98. The number of benzene rings is 2. The Bertz CT molecular complexity index is 1150. The molecule has 0 aliphatic carbocycles. The standard InChI is InChI=1S/C24H23N3O3S/c1-15(2)16-7-9-17(10-8-16)21-25-13-18(31-21)14-27-22(28)24(26-23(27)29)11-12-30-20-6-4-3-5-19(20)24/h3-10,13,15H,11-12,14H2,1-2H3,(H,26,29). The molecule has 0 radical (unpaired) electrons. The molecule has 3 amide bonds. The highest BCUT2D eigenvalue weighted by atomic mass is 32.1. The number of hydrogen-bond donors (Lipinski definition) is 1. The van der Waals surface area contributed by atoms with Gasteiger partial charge in [-0.15, -0.1) is 11.3 Å². The summed E-state index contributed by atoms with van der Waals surface area (Å²) in [5, 5.41) is 3.82. The van der Waals surface area contributed by atoms with Gasteiger partial charge in [0, 0.05) is 28.6 Å². The number of amides is 3. The smallest absolute Gasteiger partial charge is 0.325 e.